The van der Waals surface area contributed by atoms with Gasteiger partial charge in [-0.25, -0.2) is 4.79 Å². The fraction of sp³-hybridized carbons (Fsp3) is 0.857. The Morgan fingerprint density at radius 1 is 1.27 bits per heavy atom. The molecule has 0 aromatic carbocycles. The third-order valence-electron chi connectivity index (χ3n) is 7.26. The molecular weight excluding hydrogens is 328 g/mol. The van der Waals surface area contributed by atoms with Gasteiger partial charge in [0.15, 0.2) is 0 Å². The zero-order valence-corrected chi connectivity index (χ0v) is 17.1. The molecule has 0 aromatic heterocycles. The average molecular weight is 363 g/mol. The summed E-state index contributed by atoms with van der Waals surface area (Å²) in [5.74, 6) is 1.07. The third kappa shape index (κ3) is 3.29. The van der Waals surface area contributed by atoms with Crippen molar-refractivity contribution in [3.63, 3.8) is 0 Å². The molecule has 0 spiro atoms. The molecule has 3 aliphatic rings. The highest BCUT2D eigenvalue weighted by molar-refractivity contribution is 6.07. The van der Waals surface area contributed by atoms with Crippen LogP contribution in [0.4, 0.5) is 4.79 Å². The molecule has 1 amide bonds. The lowest BCUT2D eigenvalue weighted by molar-refractivity contribution is -0.123. The number of nitrogens with one attached hydrogen (secondary N) is 1. The van der Waals surface area contributed by atoms with Crippen LogP contribution in [0.3, 0.4) is 0 Å². The minimum absolute atomic E-state index is 0.0783. The van der Waals surface area contributed by atoms with Crippen molar-refractivity contribution < 1.29 is 14.4 Å². The number of ketones is 1. The second-order valence-electron chi connectivity index (χ2n) is 10.2. The fourth-order valence-electron chi connectivity index (χ4n) is 5.97. The van der Waals surface area contributed by atoms with Crippen LogP contribution in [0.5, 0.6) is 0 Å². The first-order valence-corrected chi connectivity index (χ1v) is 10.1. The number of rotatable bonds is 3. The Kier molecular flexibility index (Phi) is 4.95. The van der Waals surface area contributed by atoms with E-state index < -0.39 is 6.09 Å². The quantitative estimate of drug-likeness (QED) is 0.591. The first-order chi connectivity index (χ1) is 12.0. The SMILES string of the molecule is CC1CC(=O)C(C(C)C)C(=NOC(=O)NC2C3(C)CCC(C3)C2(C)C)C1. The molecule has 3 rings (SSSR count). The number of carbonyl (C=O) groups is 2. The zero-order chi connectivity index (χ0) is 19.3. The van der Waals surface area contributed by atoms with Crippen molar-refractivity contribution in [3.8, 4) is 0 Å². The Balaban J connectivity index is 1.68. The minimum Gasteiger partial charge on any atom is -0.316 e. The molecule has 0 saturated heterocycles. The van der Waals surface area contributed by atoms with E-state index in [9.17, 15) is 9.59 Å². The van der Waals surface area contributed by atoms with Gasteiger partial charge in [-0.2, -0.15) is 0 Å². The van der Waals surface area contributed by atoms with E-state index in [1.54, 1.807) is 0 Å². The van der Waals surface area contributed by atoms with Crippen LogP contribution in [-0.4, -0.2) is 23.6 Å². The Labute approximate surface area is 157 Å². The molecule has 0 heterocycles. The number of nitrogens with zero attached hydrogens (tertiary/aromatic N) is 1. The van der Waals surface area contributed by atoms with Crippen molar-refractivity contribution in [2.45, 2.75) is 79.7 Å². The van der Waals surface area contributed by atoms with Gasteiger partial charge < -0.3 is 5.32 Å². The van der Waals surface area contributed by atoms with Crippen LogP contribution in [0.25, 0.3) is 0 Å². The van der Waals surface area contributed by atoms with Crippen LogP contribution in [0.2, 0.25) is 0 Å². The molecule has 0 radical (unpaired) electrons. The summed E-state index contributed by atoms with van der Waals surface area (Å²) in [5.41, 5.74) is 0.947. The molecule has 146 valence electrons. The topological polar surface area (TPSA) is 67.8 Å². The highest BCUT2D eigenvalue weighted by Crippen LogP contribution is 2.62. The van der Waals surface area contributed by atoms with Gasteiger partial charge in [-0.1, -0.05) is 46.7 Å². The van der Waals surface area contributed by atoms with E-state index in [0.29, 0.717) is 12.3 Å². The number of hydrogen-bond donors (Lipinski definition) is 1. The van der Waals surface area contributed by atoms with Crippen LogP contribution < -0.4 is 5.32 Å². The number of hydrogen-bond acceptors (Lipinski definition) is 4. The van der Waals surface area contributed by atoms with E-state index in [4.69, 9.17) is 4.84 Å². The summed E-state index contributed by atoms with van der Waals surface area (Å²) in [7, 11) is 0. The van der Waals surface area contributed by atoms with Crippen LogP contribution in [0.15, 0.2) is 5.16 Å². The van der Waals surface area contributed by atoms with Crippen LogP contribution in [0.1, 0.15) is 73.6 Å². The summed E-state index contributed by atoms with van der Waals surface area (Å²) in [6, 6.07) is 0.106. The van der Waals surface area contributed by atoms with E-state index in [0.717, 1.165) is 18.6 Å². The summed E-state index contributed by atoms with van der Waals surface area (Å²) >= 11 is 0. The van der Waals surface area contributed by atoms with Gasteiger partial charge >= 0.3 is 6.09 Å². The fourth-order valence-corrected chi connectivity index (χ4v) is 5.97. The van der Waals surface area contributed by atoms with E-state index in [1.807, 2.05) is 20.8 Å². The summed E-state index contributed by atoms with van der Waals surface area (Å²) in [6.07, 6.45) is 4.39. The number of fused-ring (bicyclic) bond motifs is 2. The molecule has 2 bridgehead atoms. The largest absolute Gasteiger partial charge is 0.433 e. The van der Waals surface area contributed by atoms with Gasteiger partial charge in [0.2, 0.25) is 0 Å². The van der Waals surface area contributed by atoms with E-state index in [1.165, 1.54) is 12.8 Å². The van der Waals surface area contributed by atoms with Crippen molar-refractivity contribution in [1.29, 1.82) is 0 Å². The molecule has 3 fully saturated rings. The number of carbonyl (C=O) groups excluding carboxylic acids is 2. The molecule has 5 heteroatoms. The number of amides is 1. The lowest BCUT2D eigenvalue weighted by atomic mass is 9.68. The zero-order valence-electron chi connectivity index (χ0n) is 17.1. The van der Waals surface area contributed by atoms with Crippen molar-refractivity contribution >= 4 is 17.6 Å². The van der Waals surface area contributed by atoms with Crippen LogP contribution >= 0.6 is 0 Å². The van der Waals surface area contributed by atoms with E-state index in [-0.39, 0.29) is 40.4 Å². The van der Waals surface area contributed by atoms with E-state index >= 15 is 0 Å². The number of Topliss-reactive ketones (excluding diaryl/α,β-unsaturated/α-hetero) is 1. The predicted octanol–water partition coefficient (Wildman–Crippen LogP) is 4.55. The van der Waals surface area contributed by atoms with Gasteiger partial charge in [0.25, 0.3) is 0 Å². The summed E-state index contributed by atoms with van der Waals surface area (Å²) < 4.78 is 0. The van der Waals surface area contributed by atoms with Crippen molar-refractivity contribution in [1.82, 2.24) is 5.32 Å². The molecule has 1 N–H and O–H groups in total. The molecule has 5 atom stereocenters. The average Bonchev–Trinajstić information content (AvgIpc) is 2.99. The maximum atomic E-state index is 12.5. The molecule has 5 unspecified atom stereocenters. The second-order valence-corrected chi connectivity index (χ2v) is 10.2. The Bertz CT molecular complexity index is 620. The van der Waals surface area contributed by atoms with Gasteiger partial charge in [0, 0.05) is 12.5 Å². The van der Waals surface area contributed by atoms with Gasteiger partial charge in [0.1, 0.15) is 5.78 Å². The van der Waals surface area contributed by atoms with E-state index in [2.05, 4.69) is 31.2 Å². The molecule has 3 aliphatic carbocycles. The standard InChI is InChI=1S/C21H34N2O3/c1-12(2)17-15(9-13(3)10-16(17)24)23-26-19(25)22-18-20(4,5)14-7-8-21(18,6)11-14/h12-14,17-18H,7-11H2,1-6H3,(H,22,25). The Morgan fingerprint density at radius 3 is 2.54 bits per heavy atom. The third-order valence-corrected chi connectivity index (χ3v) is 7.26. The van der Waals surface area contributed by atoms with Gasteiger partial charge in [-0.05, 0) is 54.3 Å². The Hall–Kier alpha value is -1.39. The number of oxime groups is 1. The summed E-state index contributed by atoms with van der Waals surface area (Å²) in [6.45, 7) is 12.8. The van der Waals surface area contributed by atoms with Crippen molar-refractivity contribution in [3.05, 3.63) is 0 Å². The summed E-state index contributed by atoms with van der Waals surface area (Å²) in [5, 5.41) is 7.24. The molecular formula is C21H34N2O3. The van der Waals surface area contributed by atoms with Gasteiger partial charge in [0.05, 0.1) is 11.6 Å². The molecule has 5 nitrogen and oxygen atoms in total. The molecule has 26 heavy (non-hydrogen) atoms. The highest BCUT2D eigenvalue weighted by atomic mass is 16.7. The van der Waals surface area contributed by atoms with Crippen LogP contribution in [0, 0.1) is 34.5 Å². The minimum atomic E-state index is -0.488. The predicted molar refractivity (Wildman–Crippen MR) is 102 cm³/mol. The van der Waals surface area contributed by atoms with Gasteiger partial charge in [-0.15, -0.1) is 0 Å². The lowest BCUT2D eigenvalue weighted by Gasteiger charge is -2.42. The molecule has 0 aromatic rings. The maximum absolute atomic E-state index is 12.5. The molecule has 0 aliphatic heterocycles. The van der Waals surface area contributed by atoms with Crippen LogP contribution in [-0.2, 0) is 9.63 Å². The lowest BCUT2D eigenvalue weighted by Crippen LogP contribution is -2.52. The maximum Gasteiger partial charge on any atom is 0.433 e. The monoisotopic (exact) mass is 362 g/mol. The van der Waals surface area contributed by atoms with Gasteiger partial charge in [-0.3, -0.25) is 9.63 Å². The normalized spacial score (nSPS) is 40.3. The first-order valence-electron chi connectivity index (χ1n) is 10.1. The molecule has 3 saturated carbocycles. The smallest absolute Gasteiger partial charge is 0.316 e. The summed E-state index contributed by atoms with van der Waals surface area (Å²) in [4.78, 5) is 30.1. The Morgan fingerprint density at radius 2 is 1.96 bits per heavy atom. The second kappa shape index (κ2) is 6.65. The highest BCUT2D eigenvalue weighted by Gasteiger charge is 2.59. The first kappa shape index (κ1) is 19.4. The van der Waals surface area contributed by atoms with Crippen molar-refractivity contribution in [2.24, 2.45) is 39.7 Å². The van der Waals surface area contributed by atoms with Crippen molar-refractivity contribution in [2.75, 3.05) is 0 Å².